The van der Waals surface area contributed by atoms with E-state index in [9.17, 15) is 9.59 Å². The van der Waals surface area contributed by atoms with Crippen molar-refractivity contribution >= 4 is 23.4 Å². The molecule has 0 aromatic heterocycles. The molecule has 6 nitrogen and oxygen atoms in total. The summed E-state index contributed by atoms with van der Waals surface area (Å²) in [5, 5.41) is 0.669. The topological polar surface area (TPSA) is 76.7 Å². The van der Waals surface area contributed by atoms with Crippen molar-refractivity contribution in [3.8, 4) is 11.5 Å². The molecule has 0 saturated heterocycles. The van der Waals surface area contributed by atoms with Gasteiger partial charge in [0, 0.05) is 5.02 Å². The van der Waals surface area contributed by atoms with E-state index in [1.807, 2.05) is 38.1 Å². The number of ether oxygens (including phenoxy) is 2. The van der Waals surface area contributed by atoms with E-state index in [0.29, 0.717) is 16.5 Å². The van der Waals surface area contributed by atoms with Crippen molar-refractivity contribution in [3.05, 3.63) is 58.1 Å². The average Bonchev–Trinajstić information content (AvgIpc) is 2.73. The lowest BCUT2D eigenvalue weighted by atomic mass is 9.82. The Bertz CT molecular complexity index is 872. The summed E-state index contributed by atoms with van der Waals surface area (Å²) in [6, 6.07) is 11.2. The Morgan fingerprint density at radius 1 is 0.900 bits per heavy atom. The first-order valence-electron chi connectivity index (χ1n) is 9.83. The summed E-state index contributed by atoms with van der Waals surface area (Å²) in [5.74, 6) is 0.164. The number of carbonyl (C=O) groups is 2. The van der Waals surface area contributed by atoms with Gasteiger partial charge in [0.15, 0.2) is 13.2 Å². The van der Waals surface area contributed by atoms with E-state index in [4.69, 9.17) is 21.1 Å². The lowest BCUT2D eigenvalue weighted by Crippen LogP contribution is -2.45. The van der Waals surface area contributed by atoms with Crippen molar-refractivity contribution in [1.29, 1.82) is 0 Å². The van der Waals surface area contributed by atoms with Crippen molar-refractivity contribution in [2.75, 3.05) is 13.2 Å². The van der Waals surface area contributed by atoms with E-state index in [1.165, 1.54) is 5.56 Å². The van der Waals surface area contributed by atoms with Crippen LogP contribution in [0.3, 0.4) is 0 Å². The average molecular weight is 433 g/mol. The zero-order valence-corrected chi connectivity index (χ0v) is 18.9. The summed E-state index contributed by atoms with van der Waals surface area (Å²) in [5.41, 5.74) is 7.62. The minimum atomic E-state index is -0.486. The summed E-state index contributed by atoms with van der Waals surface area (Å²) >= 11 is 6.11. The van der Waals surface area contributed by atoms with Gasteiger partial charge in [-0.2, -0.15) is 0 Å². The maximum Gasteiger partial charge on any atom is 0.276 e. The van der Waals surface area contributed by atoms with Gasteiger partial charge in [0.1, 0.15) is 11.5 Å². The predicted molar refractivity (Wildman–Crippen MR) is 118 cm³/mol. The molecule has 2 N–H and O–H groups in total. The van der Waals surface area contributed by atoms with Gasteiger partial charge in [0.25, 0.3) is 11.8 Å². The molecule has 162 valence electrons. The highest BCUT2D eigenvalue weighted by molar-refractivity contribution is 6.32. The number of rotatable bonds is 8. The Hall–Kier alpha value is -2.73. The summed E-state index contributed by atoms with van der Waals surface area (Å²) in [6.07, 6.45) is 1.02. The van der Waals surface area contributed by atoms with Gasteiger partial charge >= 0.3 is 0 Å². The molecular formula is C23H29ClN2O4. The van der Waals surface area contributed by atoms with E-state index >= 15 is 0 Å². The molecule has 7 heteroatoms. The van der Waals surface area contributed by atoms with E-state index in [0.717, 1.165) is 17.5 Å². The Balaban J connectivity index is 1.73. The van der Waals surface area contributed by atoms with Gasteiger partial charge in [-0.15, -0.1) is 0 Å². The number of amides is 2. The second-order valence-corrected chi connectivity index (χ2v) is 8.18. The van der Waals surface area contributed by atoms with Crippen LogP contribution in [0.1, 0.15) is 43.9 Å². The van der Waals surface area contributed by atoms with Crippen LogP contribution >= 0.6 is 11.6 Å². The van der Waals surface area contributed by atoms with Crippen molar-refractivity contribution in [3.63, 3.8) is 0 Å². The molecule has 0 aliphatic rings. The minimum Gasteiger partial charge on any atom is -0.484 e. The third kappa shape index (κ3) is 6.66. The fourth-order valence-corrected chi connectivity index (χ4v) is 2.81. The van der Waals surface area contributed by atoms with Gasteiger partial charge in [0.05, 0.1) is 0 Å². The predicted octanol–water partition coefficient (Wildman–Crippen LogP) is 4.25. The van der Waals surface area contributed by atoms with Crippen LogP contribution < -0.4 is 20.3 Å². The van der Waals surface area contributed by atoms with E-state index in [-0.39, 0.29) is 18.6 Å². The summed E-state index contributed by atoms with van der Waals surface area (Å²) < 4.78 is 10.9. The van der Waals surface area contributed by atoms with Crippen LogP contribution in [0.4, 0.5) is 0 Å². The number of hydrogen-bond donors (Lipinski definition) is 2. The molecule has 0 aliphatic carbocycles. The molecule has 0 aliphatic heterocycles. The van der Waals surface area contributed by atoms with E-state index in [2.05, 4.69) is 31.6 Å². The molecule has 2 amide bonds. The molecule has 2 aromatic rings. The Morgan fingerprint density at radius 3 is 1.83 bits per heavy atom. The largest absolute Gasteiger partial charge is 0.484 e. The number of hydrogen-bond acceptors (Lipinski definition) is 4. The first kappa shape index (κ1) is 23.5. The number of hydrazine groups is 1. The molecule has 0 atom stereocenters. The zero-order chi connectivity index (χ0) is 22.3. The zero-order valence-electron chi connectivity index (χ0n) is 18.1. The Kier molecular flexibility index (Phi) is 8.12. The van der Waals surface area contributed by atoms with Crippen LogP contribution in [0.2, 0.25) is 5.02 Å². The first-order chi connectivity index (χ1) is 14.1. The second-order valence-electron chi connectivity index (χ2n) is 7.81. The van der Waals surface area contributed by atoms with E-state index in [1.54, 1.807) is 12.1 Å². The third-order valence-corrected chi connectivity index (χ3v) is 5.61. The molecule has 0 spiro atoms. The Morgan fingerprint density at radius 2 is 1.37 bits per heavy atom. The second kappa shape index (κ2) is 10.3. The maximum atomic E-state index is 11.9. The SMILES string of the molecule is CCC(C)(C)c1ccc(OCC(=O)NNC(=O)COc2cc(C)c(Cl)c(C)c2)cc1. The van der Waals surface area contributed by atoms with Gasteiger partial charge in [-0.1, -0.05) is 44.5 Å². The molecule has 2 aromatic carbocycles. The molecule has 0 radical (unpaired) electrons. The smallest absolute Gasteiger partial charge is 0.276 e. The molecule has 2 rings (SSSR count). The number of aryl methyl sites for hydroxylation is 2. The fraction of sp³-hybridized carbons (Fsp3) is 0.391. The summed E-state index contributed by atoms with van der Waals surface area (Å²) in [4.78, 5) is 23.8. The summed E-state index contributed by atoms with van der Waals surface area (Å²) in [6.45, 7) is 9.77. The quantitative estimate of drug-likeness (QED) is 0.611. The molecule has 0 heterocycles. The van der Waals surface area contributed by atoms with Crippen LogP contribution in [-0.2, 0) is 15.0 Å². The molecule has 30 heavy (non-hydrogen) atoms. The van der Waals surface area contributed by atoms with Gasteiger partial charge in [-0.3, -0.25) is 20.4 Å². The number of halogens is 1. The van der Waals surface area contributed by atoms with E-state index < -0.39 is 11.8 Å². The normalized spacial score (nSPS) is 11.0. The molecule has 0 saturated carbocycles. The van der Waals surface area contributed by atoms with Crippen LogP contribution in [0.15, 0.2) is 36.4 Å². The molecule has 0 unspecified atom stereocenters. The molecular weight excluding hydrogens is 404 g/mol. The monoisotopic (exact) mass is 432 g/mol. The lowest BCUT2D eigenvalue weighted by Gasteiger charge is -2.23. The van der Waals surface area contributed by atoms with Crippen molar-refractivity contribution in [2.24, 2.45) is 0 Å². The summed E-state index contributed by atoms with van der Waals surface area (Å²) in [7, 11) is 0. The minimum absolute atomic E-state index is 0.0890. The number of carbonyl (C=O) groups excluding carboxylic acids is 2. The highest BCUT2D eigenvalue weighted by Crippen LogP contribution is 2.28. The number of nitrogens with one attached hydrogen (secondary N) is 2. The standard InChI is InChI=1S/C23H29ClN2O4/c1-6-23(4,5)17-7-9-18(10-8-17)29-13-20(27)25-26-21(28)14-30-19-11-15(2)22(24)16(3)12-19/h7-12H,6,13-14H2,1-5H3,(H,25,27)(H,26,28). The molecule has 0 bridgehead atoms. The maximum absolute atomic E-state index is 11.9. The molecule has 0 fully saturated rings. The lowest BCUT2D eigenvalue weighted by molar-refractivity contribution is -0.131. The van der Waals surface area contributed by atoms with Crippen LogP contribution in [-0.4, -0.2) is 25.0 Å². The Labute approximate surface area is 182 Å². The van der Waals surface area contributed by atoms with Gasteiger partial charge in [-0.25, -0.2) is 0 Å². The van der Waals surface area contributed by atoms with Gasteiger partial charge < -0.3 is 9.47 Å². The fourth-order valence-electron chi connectivity index (χ4n) is 2.71. The van der Waals surface area contributed by atoms with Gasteiger partial charge in [-0.05, 0) is 66.6 Å². The van der Waals surface area contributed by atoms with Crippen LogP contribution in [0, 0.1) is 13.8 Å². The first-order valence-corrected chi connectivity index (χ1v) is 10.2. The van der Waals surface area contributed by atoms with Crippen molar-refractivity contribution in [1.82, 2.24) is 10.9 Å². The third-order valence-electron chi connectivity index (χ3n) is 5.01. The number of benzene rings is 2. The van der Waals surface area contributed by atoms with Crippen LogP contribution in [0.5, 0.6) is 11.5 Å². The van der Waals surface area contributed by atoms with Crippen LogP contribution in [0.25, 0.3) is 0 Å². The van der Waals surface area contributed by atoms with Gasteiger partial charge in [0.2, 0.25) is 0 Å². The van der Waals surface area contributed by atoms with Crippen molar-refractivity contribution in [2.45, 2.75) is 46.5 Å². The highest BCUT2D eigenvalue weighted by atomic mass is 35.5. The highest BCUT2D eigenvalue weighted by Gasteiger charge is 2.17. The van der Waals surface area contributed by atoms with Crippen molar-refractivity contribution < 1.29 is 19.1 Å².